The number of carbonyl (C=O) groups excluding carboxylic acids is 2. The summed E-state index contributed by atoms with van der Waals surface area (Å²) in [7, 11) is 1.83. The van der Waals surface area contributed by atoms with Crippen LogP contribution in [0.25, 0.3) is 0 Å². The van der Waals surface area contributed by atoms with Crippen LogP contribution in [0.3, 0.4) is 0 Å². The lowest BCUT2D eigenvalue weighted by Gasteiger charge is -2.23. The van der Waals surface area contributed by atoms with Crippen molar-refractivity contribution < 1.29 is 9.59 Å². The lowest BCUT2D eigenvalue weighted by atomic mass is 10.2. The molecule has 0 spiro atoms. The Labute approximate surface area is 138 Å². The average molecular weight is 330 g/mol. The molecule has 7 heteroatoms. The molecule has 2 N–H and O–H groups in total. The fourth-order valence-electron chi connectivity index (χ4n) is 2.54. The zero-order chi connectivity index (χ0) is 16.6. The van der Waals surface area contributed by atoms with Crippen molar-refractivity contribution in [2.24, 2.45) is 7.05 Å². The highest BCUT2D eigenvalue weighted by molar-refractivity contribution is 8.01. The Bertz CT molecular complexity index is 784. The maximum atomic E-state index is 12.3. The average Bonchev–Trinajstić information content (AvgIpc) is 2.74. The molecule has 2 amide bonds. The molecule has 0 unspecified atom stereocenters. The summed E-state index contributed by atoms with van der Waals surface area (Å²) < 4.78 is 1.73. The number of hydrogen-bond donors (Lipinski definition) is 2. The van der Waals surface area contributed by atoms with Crippen LogP contribution in [-0.2, 0) is 16.6 Å². The lowest BCUT2D eigenvalue weighted by molar-refractivity contribution is -0.120. The first-order valence-electron chi connectivity index (χ1n) is 7.32. The number of hydrogen-bond acceptors (Lipinski definition) is 4. The summed E-state index contributed by atoms with van der Waals surface area (Å²) in [5, 5.41) is 9.57. The van der Waals surface area contributed by atoms with Crippen molar-refractivity contribution in [2.45, 2.75) is 30.4 Å². The van der Waals surface area contributed by atoms with Gasteiger partial charge in [-0.05, 0) is 26.0 Å². The predicted molar refractivity (Wildman–Crippen MR) is 90.6 cm³/mol. The third-order valence-corrected chi connectivity index (χ3v) is 5.13. The van der Waals surface area contributed by atoms with Crippen molar-refractivity contribution in [1.29, 1.82) is 0 Å². The van der Waals surface area contributed by atoms with E-state index in [1.165, 1.54) is 11.8 Å². The smallest absolute Gasteiger partial charge is 0.238 e. The highest BCUT2D eigenvalue weighted by Gasteiger charge is 2.29. The van der Waals surface area contributed by atoms with Gasteiger partial charge in [0, 0.05) is 18.4 Å². The molecule has 2 heterocycles. The Kier molecular flexibility index (Phi) is 4.12. The predicted octanol–water partition coefficient (Wildman–Crippen LogP) is 2.48. The molecule has 0 saturated heterocycles. The van der Waals surface area contributed by atoms with Crippen LogP contribution in [0.1, 0.15) is 17.8 Å². The minimum absolute atomic E-state index is 0.124. The quantitative estimate of drug-likeness (QED) is 0.906. The van der Waals surface area contributed by atoms with Crippen molar-refractivity contribution in [1.82, 2.24) is 9.78 Å². The molecular weight excluding hydrogens is 312 g/mol. The van der Waals surface area contributed by atoms with Gasteiger partial charge in [0.15, 0.2) is 0 Å². The normalized spacial score (nSPS) is 16.7. The van der Waals surface area contributed by atoms with E-state index in [-0.39, 0.29) is 18.2 Å². The van der Waals surface area contributed by atoms with E-state index in [1.807, 2.05) is 45.2 Å². The van der Waals surface area contributed by atoms with Gasteiger partial charge in [-0.15, -0.1) is 11.8 Å². The Morgan fingerprint density at radius 1 is 1.39 bits per heavy atom. The van der Waals surface area contributed by atoms with Crippen LogP contribution in [-0.4, -0.2) is 26.8 Å². The third kappa shape index (κ3) is 3.10. The van der Waals surface area contributed by atoms with Crippen LogP contribution in [0.2, 0.25) is 0 Å². The van der Waals surface area contributed by atoms with Gasteiger partial charge >= 0.3 is 0 Å². The number of carbonyl (C=O) groups is 2. The van der Waals surface area contributed by atoms with Gasteiger partial charge < -0.3 is 10.6 Å². The highest BCUT2D eigenvalue weighted by Crippen LogP contribution is 2.36. The van der Waals surface area contributed by atoms with Gasteiger partial charge in [0.2, 0.25) is 11.8 Å². The van der Waals surface area contributed by atoms with E-state index in [2.05, 4.69) is 15.7 Å². The second kappa shape index (κ2) is 6.08. The van der Waals surface area contributed by atoms with E-state index in [4.69, 9.17) is 0 Å². The van der Waals surface area contributed by atoms with Crippen LogP contribution in [0.4, 0.5) is 11.4 Å². The number of nitrogens with one attached hydrogen (secondary N) is 2. The van der Waals surface area contributed by atoms with Gasteiger partial charge in [0.05, 0.1) is 28.0 Å². The molecule has 2 aromatic rings. The Morgan fingerprint density at radius 3 is 2.83 bits per heavy atom. The number of rotatable bonds is 3. The van der Waals surface area contributed by atoms with Gasteiger partial charge in [-0.25, -0.2) is 0 Å². The minimum Gasteiger partial charge on any atom is -0.324 e. The van der Waals surface area contributed by atoms with Crippen LogP contribution in [0, 0.1) is 13.8 Å². The first-order valence-corrected chi connectivity index (χ1v) is 8.20. The number of para-hydroxylation sites is 1. The molecule has 0 fully saturated rings. The number of fused-ring (bicyclic) bond motifs is 1. The fraction of sp³-hybridized carbons (Fsp3) is 0.312. The van der Waals surface area contributed by atoms with E-state index in [1.54, 1.807) is 4.68 Å². The van der Waals surface area contributed by atoms with Crippen molar-refractivity contribution >= 4 is 35.0 Å². The third-order valence-electron chi connectivity index (χ3n) is 3.85. The van der Waals surface area contributed by atoms with Gasteiger partial charge in [-0.2, -0.15) is 5.10 Å². The summed E-state index contributed by atoms with van der Waals surface area (Å²) in [4.78, 5) is 25.4. The highest BCUT2D eigenvalue weighted by atomic mass is 32.2. The molecule has 0 radical (unpaired) electrons. The number of anilines is 2. The maximum Gasteiger partial charge on any atom is 0.238 e. The van der Waals surface area contributed by atoms with Gasteiger partial charge in [-0.3, -0.25) is 14.3 Å². The van der Waals surface area contributed by atoms with E-state index in [0.717, 1.165) is 27.7 Å². The minimum atomic E-state index is -0.429. The zero-order valence-electron chi connectivity index (χ0n) is 13.2. The number of aromatic nitrogens is 2. The molecule has 3 rings (SSSR count). The van der Waals surface area contributed by atoms with Gasteiger partial charge in [0.1, 0.15) is 0 Å². The summed E-state index contributed by atoms with van der Waals surface area (Å²) in [6.07, 6.45) is 0.124. The first-order chi connectivity index (χ1) is 11.0. The van der Waals surface area contributed by atoms with Gasteiger partial charge in [0.25, 0.3) is 0 Å². The largest absolute Gasteiger partial charge is 0.324 e. The summed E-state index contributed by atoms with van der Waals surface area (Å²) in [5.41, 5.74) is 3.18. The van der Waals surface area contributed by atoms with Crippen molar-refractivity contribution in [2.75, 3.05) is 10.6 Å². The molecule has 1 aliphatic heterocycles. The van der Waals surface area contributed by atoms with E-state index in [9.17, 15) is 9.59 Å². The standard InChI is InChI=1S/C16H18N4O2S/c1-9-15(10(2)20(3)19-9)18-14(21)8-13-16(22)17-11-6-4-5-7-12(11)23-13/h4-7,13H,8H2,1-3H3,(H,17,22)(H,18,21)/t13-/m0/s1. The number of thioether (sulfide) groups is 1. The van der Waals surface area contributed by atoms with Crippen LogP contribution < -0.4 is 10.6 Å². The fourth-order valence-corrected chi connectivity index (χ4v) is 3.65. The van der Waals surface area contributed by atoms with E-state index in [0.29, 0.717) is 0 Å². The molecule has 23 heavy (non-hydrogen) atoms. The molecule has 120 valence electrons. The second-order valence-electron chi connectivity index (χ2n) is 5.51. The molecule has 0 aliphatic carbocycles. The Morgan fingerprint density at radius 2 is 2.13 bits per heavy atom. The summed E-state index contributed by atoms with van der Waals surface area (Å²) in [6.45, 7) is 3.74. The lowest BCUT2D eigenvalue weighted by Crippen LogP contribution is -2.32. The number of nitrogens with zero attached hydrogens (tertiary/aromatic N) is 2. The second-order valence-corrected chi connectivity index (χ2v) is 6.76. The summed E-state index contributed by atoms with van der Waals surface area (Å²) in [6, 6.07) is 7.60. The van der Waals surface area contributed by atoms with Crippen LogP contribution in [0.15, 0.2) is 29.2 Å². The van der Waals surface area contributed by atoms with E-state index >= 15 is 0 Å². The number of amides is 2. The van der Waals surface area contributed by atoms with Crippen molar-refractivity contribution in [3.8, 4) is 0 Å². The molecule has 1 aromatic heterocycles. The number of benzene rings is 1. The van der Waals surface area contributed by atoms with Gasteiger partial charge in [-0.1, -0.05) is 12.1 Å². The Balaban J connectivity index is 1.70. The van der Waals surface area contributed by atoms with E-state index < -0.39 is 5.25 Å². The summed E-state index contributed by atoms with van der Waals surface area (Å²) >= 11 is 1.42. The SMILES string of the molecule is Cc1nn(C)c(C)c1NC(=O)C[C@@H]1Sc2ccccc2NC1=O. The van der Waals surface area contributed by atoms with Crippen molar-refractivity contribution in [3.05, 3.63) is 35.7 Å². The molecule has 0 saturated carbocycles. The molecule has 1 aromatic carbocycles. The molecule has 6 nitrogen and oxygen atoms in total. The van der Waals surface area contributed by atoms with Crippen LogP contribution in [0.5, 0.6) is 0 Å². The summed E-state index contributed by atoms with van der Waals surface area (Å²) in [5.74, 6) is -0.320. The Hall–Kier alpha value is -2.28. The monoisotopic (exact) mass is 330 g/mol. The molecule has 1 aliphatic rings. The maximum absolute atomic E-state index is 12.3. The first kappa shape index (κ1) is 15.6. The van der Waals surface area contributed by atoms with Crippen molar-refractivity contribution in [3.63, 3.8) is 0 Å². The molecule has 1 atom stereocenters. The zero-order valence-corrected chi connectivity index (χ0v) is 14.0. The van der Waals surface area contributed by atoms with Crippen LogP contribution >= 0.6 is 11.8 Å². The topological polar surface area (TPSA) is 76.0 Å². The number of aryl methyl sites for hydroxylation is 2. The molecular formula is C16H18N4O2S. The molecule has 0 bridgehead atoms.